The maximum absolute atomic E-state index is 4.61. The smallest absolute Gasteiger partial charge is 0.244 e. The second kappa shape index (κ2) is 4.41. The second-order valence-corrected chi connectivity index (χ2v) is 4.96. The zero-order valence-electron chi connectivity index (χ0n) is 10.4. The Hall–Kier alpha value is -1.10. The van der Waals surface area contributed by atoms with Gasteiger partial charge in [0.05, 0.1) is 0 Å². The molecule has 1 aromatic rings. The van der Waals surface area contributed by atoms with Crippen molar-refractivity contribution in [1.29, 1.82) is 0 Å². The number of aromatic nitrogens is 3. The molecule has 0 aliphatic carbocycles. The lowest BCUT2D eigenvalue weighted by Gasteiger charge is -2.26. The minimum atomic E-state index is 0.0826. The van der Waals surface area contributed by atoms with E-state index in [-0.39, 0.29) is 5.41 Å². The van der Waals surface area contributed by atoms with Gasteiger partial charge in [0.1, 0.15) is 5.82 Å². The van der Waals surface area contributed by atoms with Crippen molar-refractivity contribution in [3.8, 4) is 0 Å². The minimum absolute atomic E-state index is 0.0826. The van der Waals surface area contributed by atoms with E-state index >= 15 is 0 Å². The Balaban J connectivity index is 2.12. The molecule has 0 saturated carbocycles. The second-order valence-electron chi connectivity index (χ2n) is 4.96. The van der Waals surface area contributed by atoms with E-state index in [2.05, 4.69) is 46.2 Å². The summed E-state index contributed by atoms with van der Waals surface area (Å²) >= 11 is 0. The summed E-state index contributed by atoms with van der Waals surface area (Å²) in [6, 6.07) is 0. The van der Waals surface area contributed by atoms with Crippen molar-refractivity contribution in [1.82, 2.24) is 20.5 Å². The molecule has 0 aromatic carbocycles. The average molecular weight is 223 g/mol. The molecule has 0 radical (unpaired) electrons. The summed E-state index contributed by atoms with van der Waals surface area (Å²) in [5.41, 5.74) is 0.0826. The SMILES string of the molecule is CCC(C)(C)c1nc(N2CCNCC2)n[nH]1. The maximum Gasteiger partial charge on any atom is 0.244 e. The monoisotopic (exact) mass is 223 g/mol. The normalized spacial score (nSPS) is 17.8. The lowest BCUT2D eigenvalue weighted by Crippen LogP contribution is -2.44. The van der Waals surface area contributed by atoms with Crippen molar-refractivity contribution >= 4 is 5.95 Å². The summed E-state index contributed by atoms with van der Waals surface area (Å²) in [4.78, 5) is 6.83. The van der Waals surface area contributed by atoms with Gasteiger partial charge in [0.15, 0.2) is 0 Å². The molecule has 5 heteroatoms. The van der Waals surface area contributed by atoms with Crippen LogP contribution in [0.4, 0.5) is 5.95 Å². The largest absolute Gasteiger partial charge is 0.337 e. The highest BCUT2D eigenvalue weighted by Gasteiger charge is 2.24. The van der Waals surface area contributed by atoms with Crippen molar-refractivity contribution in [3.05, 3.63) is 5.82 Å². The molecule has 1 aliphatic heterocycles. The first-order valence-corrected chi connectivity index (χ1v) is 6.02. The van der Waals surface area contributed by atoms with Crippen molar-refractivity contribution in [2.45, 2.75) is 32.6 Å². The highest BCUT2D eigenvalue weighted by molar-refractivity contribution is 5.30. The minimum Gasteiger partial charge on any atom is -0.337 e. The molecular weight excluding hydrogens is 202 g/mol. The van der Waals surface area contributed by atoms with Crippen LogP contribution in [0, 0.1) is 0 Å². The van der Waals surface area contributed by atoms with E-state index in [9.17, 15) is 0 Å². The van der Waals surface area contributed by atoms with Gasteiger partial charge in [0, 0.05) is 31.6 Å². The Morgan fingerprint density at radius 2 is 2.00 bits per heavy atom. The molecule has 0 atom stereocenters. The summed E-state index contributed by atoms with van der Waals surface area (Å²) < 4.78 is 0. The fraction of sp³-hybridized carbons (Fsp3) is 0.818. The lowest BCUT2D eigenvalue weighted by molar-refractivity contribution is 0.474. The zero-order chi connectivity index (χ0) is 11.6. The molecule has 90 valence electrons. The fourth-order valence-electron chi connectivity index (χ4n) is 1.73. The van der Waals surface area contributed by atoms with Gasteiger partial charge in [-0.1, -0.05) is 20.8 Å². The van der Waals surface area contributed by atoms with Crippen LogP contribution in [-0.4, -0.2) is 41.4 Å². The van der Waals surface area contributed by atoms with Gasteiger partial charge in [-0.05, 0) is 6.42 Å². The third kappa shape index (κ3) is 2.19. The number of hydrogen-bond acceptors (Lipinski definition) is 4. The van der Waals surface area contributed by atoms with E-state index in [1.807, 2.05) is 0 Å². The Kier molecular flexibility index (Phi) is 3.14. The molecule has 2 rings (SSSR count). The molecule has 2 heterocycles. The van der Waals surface area contributed by atoms with Crippen molar-refractivity contribution in [2.24, 2.45) is 0 Å². The summed E-state index contributed by atoms with van der Waals surface area (Å²) in [5, 5.41) is 10.7. The topological polar surface area (TPSA) is 56.8 Å². The number of aromatic amines is 1. The molecule has 5 nitrogen and oxygen atoms in total. The quantitative estimate of drug-likeness (QED) is 0.799. The first kappa shape index (κ1) is 11.4. The van der Waals surface area contributed by atoms with Crippen molar-refractivity contribution < 1.29 is 0 Å². The van der Waals surface area contributed by atoms with Crippen LogP contribution >= 0.6 is 0 Å². The first-order valence-electron chi connectivity index (χ1n) is 6.02. The van der Waals surface area contributed by atoms with Crippen LogP contribution in [-0.2, 0) is 5.41 Å². The van der Waals surface area contributed by atoms with Gasteiger partial charge >= 0.3 is 0 Å². The van der Waals surface area contributed by atoms with Crippen LogP contribution in [0.2, 0.25) is 0 Å². The molecule has 0 spiro atoms. The highest BCUT2D eigenvalue weighted by atomic mass is 15.4. The molecule has 1 aromatic heterocycles. The van der Waals surface area contributed by atoms with Crippen molar-refractivity contribution in [2.75, 3.05) is 31.1 Å². The van der Waals surface area contributed by atoms with Crippen LogP contribution in [0.5, 0.6) is 0 Å². The van der Waals surface area contributed by atoms with Gasteiger partial charge in [-0.15, -0.1) is 5.10 Å². The summed E-state index contributed by atoms with van der Waals surface area (Å²) in [5.74, 6) is 1.83. The number of rotatable bonds is 3. The Morgan fingerprint density at radius 1 is 1.31 bits per heavy atom. The highest BCUT2D eigenvalue weighted by Crippen LogP contribution is 2.24. The van der Waals surface area contributed by atoms with E-state index in [0.717, 1.165) is 44.4 Å². The number of nitrogens with zero attached hydrogens (tertiary/aromatic N) is 3. The van der Waals surface area contributed by atoms with Crippen LogP contribution in [0.3, 0.4) is 0 Å². The average Bonchev–Trinajstić information content (AvgIpc) is 2.80. The Labute approximate surface area is 96.6 Å². The summed E-state index contributed by atoms with van der Waals surface area (Å²) in [6.45, 7) is 10.6. The van der Waals surface area contributed by atoms with E-state index < -0.39 is 0 Å². The maximum atomic E-state index is 4.61. The molecule has 1 aliphatic rings. The Bertz CT molecular complexity index is 338. The third-order valence-corrected chi connectivity index (χ3v) is 3.40. The van der Waals surface area contributed by atoms with Crippen LogP contribution < -0.4 is 10.2 Å². The number of H-pyrrole nitrogens is 1. The molecule has 0 unspecified atom stereocenters. The fourth-order valence-corrected chi connectivity index (χ4v) is 1.73. The van der Waals surface area contributed by atoms with Crippen molar-refractivity contribution in [3.63, 3.8) is 0 Å². The molecule has 0 amide bonds. The molecule has 2 N–H and O–H groups in total. The van der Waals surface area contributed by atoms with Gasteiger partial charge in [0.25, 0.3) is 0 Å². The van der Waals surface area contributed by atoms with Gasteiger partial charge in [0.2, 0.25) is 5.95 Å². The van der Waals surface area contributed by atoms with Gasteiger partial charge in [-0.3, -0.25) is 5.10 Å². The number of piperazine rings is 1. The zero-order valence-corrected chi connectivity index (χ0v) is 10.4. The number of hydrogen-bond donors (Lipinski definition) is 2. The standard InChI is InChI=1S/C11H21N5/c1-4-11(2,3)9-13-10(15-14-9)16-7-5-12-6-8-16/h12H,4-8H2,1-3H3,(H,13,14,15). The molecule has 16 heavy (non-hydrogen) atoms. The first-order chi connectivity index (χ1) is 7.63. The van der Waals surface area contributed by atoms with Gasteiger partial charge < -0.3 is 10.2 Å². The molecular formula is C11H21N5. The number of nitrogens with one attached hydrogen (secondary N) is 2. The van der Waals surface area contributed by atoms with E-state index in [0.29, 0.717) is 0 Å². The van der Waals surface area contributed by atoms with Gasteiger partial charge in [-0.25, -0.2) is 0 Å². The number of anilines is 1. The summed E-state index contributed by atoms with van der Waals surface area (Å²) in [6.07, 6.45) is 1.06. The van der Waals surface area contributed by atoms with Gasteiger partial charge in [-0.2, -0.15) is 4.98 Å². The Morgan fingerprint density at radius 3 is 2.62 bits per heavy atom. The van der Waals surface area contributed by atoms with Crippen LogP contribution in [0.15, 0.2) is 0 Å². The lowest BCUT2D eigenvalue weighted by atomic mass is 9.90. The van der Waals surface area contributed by atoms with E-state index in [1.54, 1.807) is 0 Å². The third-order valence-electron chi connectivity index (χ3n) is 3.40. The molecule has 0 bridgehead atoms. The van der Waals surface area contributed by atoms with E-state index in [4.69, 9.17) is 0 Å². The molecule has 1 saturated heterocycles. The predicted molar refractivity (Wildman–Crippen MR) is 64.8 cm³/mol. The van der Waals surface area contributed by atoms with Crippen LogP contribution in [0.25, 0.3) is 0 Å². The van der Waals surface area contributed by atoms with Crippen LogP contribution in [0.1, 0.15) is 33.0 Å². The summed E-state index contributed by atoms with van der Waals surface area (Å²) in [7, 11) is 0. The molecule has 1 fully saturated rings. The van der Waals surface area contributed by atoms with E-state index in [1.165, 1.54) is 0 Å². The predicted octanol–water partition coefficient (Wildman–Crippen LogP) is 0.902.